The van der Waals surface area contributed by atoms with Crippen LogP contribution in [0.1, 0.15) is 16.1 Å². The van der Waals surface area contributed by atoms with Gasteiger partial charge in [-0.15, -0.1) is 0 Å². The summed E-state index contributed by atoms with van der Waals surface area (Å²) in [6, 6.07) is 0. The molecule has 0 aliphatic rings. The Hall–Kier alpha value is -1.82. The predicted molar refractivity (Wildman–Crippen MR) is 56.6 cm³/mol. The molecule has 1 N–H and O–H groups in total. The zero-order chi connectivity index (χ0) is 11.7. The van der Waals surface area contributed by atoms with Crippen molar-refractivity contribution in [2.75, 3.05) is 0 Å². The molecule has 2 aromatic heterocycles. The number of hydrogen-bond donors (Lipinski definition) is 1. The van der Waals surface area contributed by atoms with Gasteiger partial charge in [-0.2, -0.15) is 10.2 Å². The molecule has 2 heterocycles. The van der Waals surface area contributed by atoms with Crippen molar-refractivity contribution in [2.24, 2.45) is 0 Å². The zero-order valence-corrected chi connectivity index (χ0v) is 9.22. The lowest BCUT2D eigenvalue weighted by molar-refractivity contribution is 0.0689. The molecule has 84 valence electrons. The van der Waals surface area contributed by atoms with Gasteiger partial charge in [-0.25, -0.2) is 9.48 Å². The lowest BCUT2D eigenvalue weighted by Crippen LogP contribution is -2.10. The second-order valence-corrected chi connectivity index (χ2v) is 3.78. The van der Waals surface area contributed by atoms with E-state index in [4.69, 9.17) is 16.7 Å². The van der Waals surface area contributed by atoms with Gasteiger partial charge in [0, 0.05) is 12.4 Å². The molecule has 16 heavy (non-hydrogen) atoms. The third-order valence-electron chi connectivity index (χ3n) is 1.97. The summed E-state index contributed by atoms with van der Waals surface area (Å²) in [7, 11) is 0. The standard InChI is InChI=1S/C9H9ClN4O2/c1-6-2-11-13(3-6)5-14-4-7(10)8(12-14)9(15)16/h2-4H,5H2,1H3,(H,15,16). The minimum absolute atomic E-state index is 0.122. The van der Waals surface area contributed by atoms with E-state index in [0.29, 0.717) is 6.67 Å². The van der Waals surface area contributed by atoms with Crippen molar-refractivity contribution in [3.8, 4) is 0 Å². The van der Waals surface area contributed by atoms with Crippen LogP contribution in [0.3, 0.4) is 0 Å². The van der Waals surface area contributed by atoms with Gasteiger partial charge in [-0.3, -0.25) is 4.68 Å². The third-order valence-corrected chi connectivity index (χ3v) is 2.25. The van der Waals surface area contributed by atoms with Crippen LogP contribution in [0.25, 0.3) is 0 Å². The lowest BCUT2D eigenvalue weighted by atomic mass is 10.4. The van der Waals surface area contributed by atoms with E-state index in [2.05, 4.69) is 10.2 Å². The Bertz CT molecular complexity index is 531. The molecule has 0 fully saturated rings. The smallest absolute Gasteiger partial charge is 0.357 e. The van der Waals surface area contributed by atoms with Crippen molar-refractivity contribution in [1.29, 1.82) is 0 Å². The summed E-state index contributed by atoms with van der Waals surface area (Å²) >= 11 is 5.72. The summed E-state index contributed by atoms with van der Waals surface area (Å²) in [5, 5.41) is 16.8. The summed E-state index contributed by atoms with van der Waals surface area (Å²) < 4.78 is 3.07. The number of rotatable bonds is 3. The maximum atomic E-state index is 10.7. The molecule has 0 radical (unpaired) electrons. The highest BCUT2D eigenvalue weighted by molar-refractivity contribution is 6.33. The van der Waals surface area contributed by atoms with Gasteiger partial charge < -0.3 is 5.11 Å². The topological polar surface area (TPSA) is 72.9 Å². The molecule has 2 aromatic rings. The number of nitrogens with zero attached hydrogens (tertiary/aromatic N) is 4. The Kier molecular flexibility index (Phi) is 2.66. The van der Waals surface area contributed by atoms with Crippen LogP contribution in [-0.4, -0.2) is 30.6 Å². The molecule has 0 aliphatic heterocycles. The van der Waals surface area contributed by atoms with E-state index in [9.17, 15) is 4.79 Å². The van der Waals surface area contributed by atoms with Crippen molar-refractivity contribution < 1.29 is 9.90 Å². The first-order chi connectivity index (χ1) is 7.56. The van der Waals surface area contributed by atoms with Crippen LogP contribution < -0.4 is 0 Å². The lowest BCUT2D eigenvalue weighted by Gasteiger charge is -2.00. The molecule has 0 aromatic carbocycles. The minimum Gasteiger partial charge on any atom is -0.476 e. The van der Waals surface area contributed by atoms with Gasteiger partial charge in [0.25, 0.3) is 0 Å². The van der Waals surface area contributed by atoms with E-state index >= 15 is 0 Å². The summed E-state index contributed by atoms with van der Waals surface area (Å²) in [6.45, 7) is 2.25. The first-order valence-electron chi connectivity index (χ1n) is 4.51. The minimum atomic E-state index is -1.14. The fourth-order valence-electron chi connectivity index (χ4n) is 1.31. The monoisotopic (exact) mass is 240 g/mol. The molecule has 0 spiro atoms. The number of carboxylic acid groups (broad SMARTS) is 1. The van der Waals surface area contributed by atoms with E-state index < -0.39 is 5.97 Å². The van der Waals surface area contributed by atoms with Gasteiger partial charge in [0.15, 0.2) is 5.69 Å². The first-order valence-corrected chi connectivity index (χ1v) is 4.89. The second-order valence-electron chi connectivity index (χ2n) is 3.37. The van der Waals surface area contributed by atoms with Crippen molar-refractivity contribution in [2.45, 2.75) is 13.6 Å². The molecule has 0 unspecified atom stereocenters. The average Bonchev–Trinajstić information content (AvgIpc) is 2.73. The molecule has 0 atom stereocenters. The summed E-state index contributed by atoms with van der Waals surface area (Å²) in [4.78, 5) is 10.7. The number of aromatic nitrogens is 4. The highest BCUT2D eigenvalue weighted by atomic mass is 35.5. The Labute approximate surface area is 96.1 Å². The maximum absolute atomic E-state index is 10.7. The average molecular weight is 241 g/mol. The van der Waals surface area contributed by atoms with Gasteiger partial charge >= 0.3 is 5.97 Å². The van der Waals surface area contributed by atoms with Gasteiger partial charge in [0.2, 0.25) is 0 Å². The third kappa shape index (κ3) is 2.06. The van der Waals surface area contributed by atoms with Crippen LogP contribution in [-0.2, 0) is 6.67 Å². The van der Waals surface area contributed by atoms with Gasteiger partial charge in [-0.05, 0) is 12.5 Å². The Morgan fingerprint density at radius 2 is 2.25 bits per heavy atom. The normalized spacial score (nSPS) is 10.6. The molecule has 0 saturated heterocycles. The number of aromatic carboxylic acids is 1. The van der Waals surface area contributed by atoms with Gasteiger partial charge in [-0.1, -0.05) is 11.6 Å². The molecular weight excluding hydrogens is 232 g/mol. The highest BCUT2D eigenvalue weighted by Gasteiger charge is 2.13. The van der Waals surface area contributed by atoms with Crippen LogP contribution >= 0.6 is 11.6 Å². The van der Waals surface area contributed by atoms with E-state index in [1.54, 1.807) is 10.9 Å². The summed E-state index contributed by atoms with van der Waals surface area (Å²) in [5.74, 6) is -1.14. The number of carboxylic acids is 1. The molecule has 6 nitrogen and oxygen atoms in total. The summed E-state index contributed by atoms with van der Waals surface area (Å²) in [5.41, 5.74) is 0.877. The molecule has 0 aliphatic carbocycles. The zero-order valence-electron chi connectivity index (χ0n) is 8.46. The molecule has 7 heteroatoms. The van der Waals surface area contributed by atoms with Crippen molar-refractivity contribution in [3.63, 3.8) is 0 Å². The van der Waals surface area contributed by atoms with Gasteiger partial charge in [0.1, 0.15) is 6.67 Å². The van der Waals surface area contributed by atoms with Crippen LogP contribution in [0, 0.1) is 6.92 Å². The van der Waals surface area contributed by atoms with E-state index in [1.807, 2.05) is 13.1 Å². The maximum Gasteiger partial charge on any atom is 0.357 e. The van der Waals surface area contributed by atoms with Crippen molar-refractivity contribution >= 4 is 17.6 Å². The number of halogens is 1. The summed E-state index contributed by atoms with van der Waals surface area (Å²) in [6.07, 6.45) is 5.00. The predicted octanol–water partition coefficient (Wildman–Crippen LogP) is 1.25. The first kappa shape index (κ1) is 10.7. The Morgan fingerprint density at radius 3 is 2.75 bits per heavy atom. The van der Waals surface area contributed by atoms with Crippen LogP contribution in [0.4, 0.5) is 0 Å². The number of hydrogen-bond acceptors (Lipinski definition) is 3. The van der Waals surface area contributed by atoms with E-state index in [0.717, 1.165) is 5.56 Å². The van der Waals surface area contributed by atoms with E-state index in [1.165, 1.54) is 10.9 Å². The second kappa shape index (κ2) is 3.97. The molecule has 0 bridgehead atoms. The van der Waals surface area contributed by atoms with Crippen LogP contribution in [0.15, 0.2) is 18.6 Å². The quantitative estimate of drug-likeness (QED) is 0.876. The Balaban J connectivity index is 2.22. The van der Waals surface area contributed by atoms with E-state index in [-0.39, 0.29) is 10.7 Å². The molecule has 0 saturated carbocycles. The van der Waals surface area contributed by atoms with Crippen LogP contribution in [0.5, 0.6) is 0 Å². The fraction of sp³-hybridized carbons (Fsp3) is 0.222. The largest absolute Gasteiger partial charge is 0.476 e. The SMILES string of the molecule is Cc1cnn(Cn2cc(Cl)c(C(=O)O)n2)c1. The molecule has 2 rings (SSSR count). The van der Waals surface area contributed by atoms with Crippen molar-refractivity contribution in [3.05, 3.63) is 34.9 Å². The van der Waals surface area contributed by atoms with Crippen LogP contribution in [0.2, 0.25) is 5.02 Å². The van der Waals surface area contributed by atoms with Crippen molar-refractivity contribution in [1.82, 2.24) is 19.6 Å². The molecule has 0 amide bonds. The highest BCUT2D eigenvalue weighted by Crippen LogP contribution is 2.13. The number of aryl methyl sites for hydroxylation is 1. The fourth-order valence-corrected chi connectivity index (χ4v) is 1.54. The molecular formula is C9H9ClN4O2. The number of carbonyl (C=O) groups is 1. The Morgan fingerprint density at radius 1 is 1.50 bits per heavy atom. The van der Waals surface area contributed by atoms with Gasteiger partial charge in [0.05, 0.1) is 11.2 Å².